The van der Waals surface area contributed by atoms with Crippen LogP contribution in [0.4, 0.5) is 0 Å². The second-order valence-corrected chi connectivity index (χ2v) is 6.79. The molecular formula is C13H8Cl2N2O4S. The molecule has 1 heterocycles. The highest BCUT2D eigenvalue weighted by Gasteiger charge is 2.19. The lowest BCUT2D eigenvalue weighted by Gasteiger charge is -2.08. The van der Waals surface area contributed by atoms with Crippen molar-refractivity contribution in [2.24, 2.45) is 0 Å². The van der Waals surface area contributed by atoms with Crippen LogP contribution in [-0.2, 0) is 10.1 Å². The minimum absolute atomic E-state index is 0.0724. The lowest BCUT2D eigenvalue weighted by molar-refractivity contribution is 0.486. The van der Waals surface area contributed by atoms with Crippen LogP contribution in [0.2, 0.25) is 10.0 Å². The van der Waals surface area contributed by atoms with E-state index in [0.29, 0.717) is 16.1 Å². The third-order valence-corrected chi connectivity index (χ3v) is 4.65. The number of hydrogen-bond donors (Lipinski definition) is 2. The molecule has 22 heavy (non-hydrogen) atoms. The summed E-state index contributed by atoms with van der Waals surface area (Å²) in [5, 5.41) is 0.407. The third-order valence-electron chi connectivity index (χ3n) is 2.87. The van der Waals surface area contributed by atoms with Crippen molar-refractivity contribution in [1.29, 1.82) is 0 Å². The van der Waals surface area contributed by atoms with Gasteiger partial charge < -0.3 is 14.2 Å². The third kappa shape index (κ3) is 2.83. The first-order valence-corrected chi connectivity index (χ1v) is 8.13. The maximum absolute atomic E-state index is 12.3. The van der Waals surface area contributed by atoms with Crippen LogP contribution in [0.15, 0.2) is 46.1 Å². The maximum atomic E-state index is 12.3. The van der Waals surface area contributed by atoms with E-state index >= 15 is 0 Å². The molecular weight excluding hydrogens is 351 g/mol. The number of aromatic nitrogens is 2. The summed E-state index contributed by atoms with van der Waals surface area (Å²) in [7, 11) is -4.11. The molecule has 9 heteroatoms. The van der Waals surface area contributed by atoms with Gasteiger partial charge in [-0.25, -0.2) is 4.79 Å². The molecule has 0 radical (unpaired) electrons. The summed E-state index contributed by atoms with van der Waals surface area (Å²) in [5.41, 5.74) is 0.417. The first-order chi connectivity index (χ1) is 10.3. The summed E-state index contributed by atoms with van der Waals surface area (Å²) in [5.74, 6) is -0.0724. The van der Waals surface area contributed by atoms with Gasteiger partial charge in [-0.15, -0.1) is 0 Å². The van der Waals surface area contributed by atoms with E-state index in [1.807, 2.05) is 0 Å². The van der Waals surface area contributed by atoms with Crippen LogP contribution in [-0.4, -0.2) is 18.4 Å². The maximum Gasteiger partial charge on any atom is 0.339 e. The molecule has 0 aliphatic heterocycles. The lowest BCUT2D eigenvalue weighted by Crippen LogP contribution is -2.10. The van der Waals surface area contributed by atoms with Crippen molar-refractivity contribution in [2.75, 3.05) is 0 Å². The van der Waals surface area contributed by atoms with Gasteiger partial charge in [0.05, 0.1) is 16.1 Å². The molecule has 3 rings (SSSR count). The van der Waals surface area contributed by atoms with Crippen molar-refractivity contribution >= 4 is 44.4 Å². The summed E-state index contributed by atoms with van der Waals surface area (Å²) in [6.07, 6.45) is 0. The number of rotatable bonds is 3. The average Bonchev–Trinajstić information content (AvgIpc) is 2.81. The fourth-order valence-corrected chi connectivity index (χ4v) is 3.21. The molecule has 0 saturated heterocycles. The fourth-order valence-electron chi connectivity index (χ4n) is 1.87. The van der Waals surface area contributed by atoms with Crippen molar-refractivity contribution in [3.05, 3.63) is 56.9 Å². The number of halogens is 2. The van der Waals surface area contributed by atoms with E-state index in [9.17, 15) is 13.2 Å². The van der Waals surface area contributed by atoms with Crippen LogP contribution in [0.5, 0.6) is 5.75 Å². The Balaban J connectivity index is 2.03. The lowest BCUT2D eigenvalue weighted by atomic mass is 10.3. The van der Waals surface area contributed by atoms with E-state index in [0.717, 1.165) is 0 Å². The summed E-state index contributed by atoms with van der Waals surface area (Å²) >= 11 is 11.7. The Bertz CT molecular complexity index is 1020. The van der Waals surface area contributed by atoms with Crippen molar-refractivity contribution in [2.45, 2.75) is 4.90 Å². The Kier molecular flexibility index (Phi) is 3.64. The molecule has 0 atom stereocenters. The van der Waals surface area contributed by atoms with Crippen molar-refractivity contribution in [3.63, 3.8) is 0 Å². The first-order valence-electron chi connectivity index (χ1n) is 5.97. The van der Waals surface area contributed by atoms with Gasteiger partial charge in [0.25, 0.3) is 0 Å². The fraction of sp³-hybridized carbons (Fsp3) is 0. The monoisotopic (exact) mass is 358 g/mol. The molecule has 0 aliphatic rings. The van der Waals surface area contributed by atoms with Gasteiger partial charge in [-0.2, -0.15) is 8.42 Å². The second kappa shape index (κ2) is 5.35. The van der Waals surface area contributed by atoms with Crippen molar-refractivity contribution < 1.29 is 12.6 Å². The number of imidazole rings is 1. The van der Waals surface area contributed by atoms with Gasteiger partial charge in [0.15, 0.2) is 5.75 Å². The van der Waals surface area contributed by atoms with Gasteiger partial charge in [-0.05, 0) is 30.3 Å². The molecule has 3 aromatic rings. The SMILES string of the molecule is O=c1[nH]c2ccc(S(=O)(=O)Oc3cc(Cl)ccc3Cl)cc2[nH]1. The largest absolute Gasteiger partial charge is 0.377 e. The zero-order chi connectivity index (χ0) is 15.9. The molecule has 0 saturated carbocycles. The summed E-state index contributed by atoms with van der Waals surface area (Å²) < 4.78 is 29.6. The molecule has 1 aromatic heterocycles. The van der Waals surface area contributed by atoms with E-state index < -0.39 is 15.8 Å². The zero-order valence-corrected chi connectivity index (χ0v) is 13.1. The van der Waals surface area contributed by atoms with E-state index in [-0.39, 0.29) is 15.7 Å². The Morgan fingerprint density at radius 1 is 0.955 bits per heavy atom. The second-order valence-electron chi connectivity index (χ2n) is 4.40. The molecule has 0 spiro atoms. The molecule has 114 valence electrons. The zero-order valence-electron chi connectivity index (χ0n) is 10.8. The quantitative estimate of drug-likeness (QED) is 0.704. The molecule has 2 N–H and O–H groups in total. The van der Waals surface area contributed by atoms with Gasteiger partial charge in [0.1, 0.15) is 4.90 Å². The molecule has 0 aliphatic carbocycles. The van der Waals surface area contributed by atoms with Crippen LogP contribution in [0.1, 0.15) is 0 Å². The number of benzene rings is 2. The Labute approximate surface area is 134 Å². The topological polar surface area (TPSA) is 92.0 Å². The van der Waals surface area contributed by atoms with E-state index in [1.54, 1.807) is 0 Å². The molecule has 0 bridgehead atoms. The molecule has 0 unspecified atom stereocenters. The van der Waals surface area contributed by atoms with Gasteiger partial charge in [0, 0.05) is 11.1 Å². The van der Waals surface area contributed by atoms with E-state index in [2.05, 4.69) is 9.97 Å². The highest BCUT2D eigenvalue weighted by atomic mass is 35.5. The predicted octanol–water partition coefficient (Wildman–Crippen LogP) is 2.93. The average molecular weight is 359 g/mol. The van der Waals surface area contributed by atoms with E-state index in [1.165, 1.54) is 36.4 Å². The standard InChI is InChI=1S/C13H8Cl2N2O4S/c14-7-1-3-9(15)12(5-7)21-22(19,20)8-2-4-10-11(6-8)17-13(18)16-10/h1-6H,(H2,16,17,18). The predicted molar refractivity (Wildman–Crippen MR) is 83.2 cm³/mol. The van der Waals surface area contributed by atoms with E-state index in [4.69, 9.17) is 27.4 Å². The van der Waals surface area contributed by atoms with Gasteiger partial charge in [0.2, 0.25) is 0 Å². The number of aromatic amines is 2. The van der Waals surface area contributed by atoms with Crippen LogP contribution in [0, 0.1) is 0 Å². The molecule has 2 aromatic carbocycles. The highest BCUT2D eigenvalue weighted by Crippen LogP contribution is 2.30. The van der Waals surface area contributed by atoms with Gasteiger partial charge in [-0.1, -0.05) is 23.2 Å². The molecule has 0 amide bonds. The summed E-state index contributed by atoms with van der Waals surface area (Å²) in [6.45, 7) is 0. The van der Waals surface area contributed by atoms with Gasteiger partial charge in [-0.3, -0.25) is 0 Å². The first kappa shape index (κ1) is 15.0. The van der Waals surface area contributed by atoms with Crippen LogP contribution < -0.4 is 9.87 Å². The number of H-pyrrole nitrogens is 2. The number of nitrogens with one attached hydrogen (secondary N) is 2. The normalized spacial score (nSPS) is 11.7. The minimum atomic E-state index is -4.11. The molecule has 6 nitrogen and oxygen atoms in total. The Morgan fingerprint density at radius 2 is 1.68 bits per heavy atom. The number of fused-ring (bicyclic) bond motifs is 1. The highest BCUT2D eigenvalue weighted by molar-refractivity contribution is 7.87. The van der Waals surface area contributed by atoms with Crippen molar-refractivity contribution in [3.8, 4) is 5.75 Å². The van der Waals surface area contributed by atoms with Crippen LogP contribution >= 0.6 is 23.2 Å². The Morgan fingerprint density at radius 3 is 2.45 bits per heavy atom. The molecule has 0 fully saturated rings. The van der Waals surface area contributed by atoms with Crippen LogP contribution in [0.25, 0.3) is 11.0 Å². The number of hydrogen-bond acceptors (Lipinski definition) is 4. The summed E-state index contributed by atoms with van der Waals surface area (Å²) in [6, 6.07) is 8.32. The Hall–Kier alpha value is -1.96. The van der Waals surface area contributed by atoms with Crippen molar-refractivity contribution in [1.82, 2.24) is 9.97 Å². The van der Waals surface area contributed by atoms with Gasteiger partial charge >= 0.3 is 15.8 Å². The van der Waals surface area contributed by atoms with Crippen LogP contribution in [0.3, 0.4) is 0 Å². The smallest absolute Gasteiger partial charge is 0.339 e. The minimum Gasteiger partial charge on any atom is -0.377 e. The summed E-state index contributed by atoms with van der Waals surface area (Å²) in [4.78, 5) is 16.1.